The van der Waals surface area contributed by atoms with Gasteiger partial charge in [-0.1, -0.05) is 5.16 Å². The summed E-state index contributed by atoms with van der Waals surface area (Å²) in [6, 6.07) is 0. The zero-order chi connectivity index (χ0) is 13.2. The van der Waals surface area contributed by atoms with Crippen LogP contribution in [-0.2, 0) is 20.3 Å². The first-order chi connectivity index (χ1) is 8.50. The van der Waals surface area contributed by atoms with Crippen molar-refractivity contribution in [2.75, 3.05) is 13.2 Å². The molecule has 1 aromatic rings. The molecule has 100 valence electrons. The summed E-state index contributed by atoms with van der Waals surface area (Å²) in [5, 5.41) is 11.7. The maximum atomic E-state index is 12.1. The highest BCUT2D eigenvalue weighted by Crippen LogP contribution is 2.21. The maximum Gasteiger partial charge on any atom is 0.341 e. The minimum atomic E-state index is -3.44. The number of carboxylic acids is 1. The number of hydrogen-bond acceptors (Lipinski definition) is 6. The molecule has 0 spiro atoms. The number of aromatic nitrogens is 1. The van der Waals surface area contributed by atoms with Crippen LogP contribution >= 0.6 is 0 Å². The Labute approximate surface area is 104 Å². The third-order valence-electron chi connectivity index (χ3n) is 2.88. The van der Waals surface area contributed by atoms with Gasteiger partial charge in [-0.3, -0.25) is 0 Å². The van der Waals surface area contributed by atoms with Gasteiger partial charge in [0, 0.05) is 13.2 Å². The van der Waals surface area contributed by atoms with Crippen LogP contribution in [0.3, 0.4) is 0 Å². The Bertz CT molecular complexity index is 528. The topological polar surface area (TPSA) is 107 Å². The summed E-state index contributed by atoms with van der Waals surface area (Å²) in [6.07, 6.45) is 1.87. The number of nitrogens with zero attached hydrogens (tertiary/aromatic N) is 1. The second-order valence-corrected chi connectivity index (χ2v) is 6.37. The predicted octanol–water partition coefficient (Wildman–Crippen LogP) is 0.467. The first-order valence-corrected chi connectivity index (χ1v) is 7.18. The van der Waals surface area contributed by atoms with E-state index >= 15 is 0 Å². The van der Waals surface area contributed by atoms with Crippen LogP contribution in [0.4, 0.5) is 0 Å². The van der Waals surface area contributed by atoms with Crippen LogP contribution < -0.4 is 0 Å². The summed E-state index contributed by atoms with van der Waals surface area (Å²) in [5.41, 5.74) is -0.203. The van der Waals surface area contributed by atoms with Crippen molar-refractivity contribution < 1.29 is 27.6 Å². The summed E-state index contributed by atoms with van der Waals surface area (Å²) < 4.78 is 34.0. The lowest BCUT2D eigenvalue weighted by molar-refractivity contribution is 0.0695. The van der Waals surface area contributed by atoms with Crippen molar-refractivity contribution in [2.24, 2.45) is 0 Å². The number of ether oxygens (including phenoxy) is 1. The monoisotopic (exact) mass is 275 g/mol. The molecule has 0 unspecified atom stereocenters. The van der Waals surface area contributed by atoms with Crippen molar-refractivity contribution in [3.63, 3.8) is 0 Å². The third-order valence-corrected chi connectivity index (χ3v) is 5.04. The normalized spacial score (nSPS) is 17.8. The SMILES string of the molecule is O=C(O)c1cnoc1CS(=O)(=O)C1CCOCC1. The van der Waals surface area contributed by atoms with E-state index in [0.29, 0.717) is 26.1 Å². The van der Waals surface area contributed by atoms with E-state index in [2.05, 4.69) is 5.16 Å². The van der Waals surface area contributed by atoms with Crippen LogP contribution in [0.25, 0.3) is 0 Å². The molecule has 2 rings (SSSR count). The maximum absolute atomic E-state index is 12.1. The van der Waals surface area contributed by atoms with Gasteiger partial charge in [0.05, 0.1) is 11.4 Å². The van der Waals surface area contributed by atoms with Gasteiger partial charge >= 0.3 is 5.97 Å². The van der Waals surface area contributed by atoms with Crippen molar-refractivity contribution in [3.8, 4) is 0 Å². The van der Waals surface area contributed by atoms with E-state index in [1.54, 1.807) is 0 Å². The molecule has 2 heterocycles. The molecule has 18 heavy (non-hydrogen) atoms. The predicted molar refractivity (Wildman–Crippen MR) is 59.9 cm³/mol. The van der Waals surface area contributed by atoms with Crippen LogP contribution in [0.2, 0.25) is 0 Å². The molecule has 0 atom stereocenters. The van der Waals surface area contributed by atoms with Gasteiger partial charge in [0.1, 0.15) is 11.3 Å². The lowest BCUT2D eigenvalue weighted by Crippen LogP contribution is -2.30. The molecule has 0 radical (unpaired) electrons. The fourth-order valence-electron chi connectivity index (χ4n) is 1.88. The molecule has 0 aliphatic carbocycles. The Morgan fingerprint density at radius 2 is 2.11 bits per heavy atom. The Morgan fingerprint density at radius 3 is 2.72 bits per heavy atom. The van der Waals surface area contributed by atoms with Crippen LogP contribution in [0.5, 0.6) is 0 Å². The number of hydrogen-bond donors (Lipinski definition) is 1. The smallest absolute Gasteiger partial charge is 0.341 e. The molecule has 0 amide bonds. The molecule has 1 fully saturated rings. The highest BCUT2D eigenvalue weighted by atomic mass is 32.2. The van der Waals surface area contributed by atoms with Gasteiger partial charge in [-0.15, -0.1) is 0 Å². The molecule has 0 saturated carbocycles. The van der Waals surface area contributed by atoms with Crippen LogP contribution in [0.15, 0.2) is 10.7 Å². The van der Waals surface area contributed by atoms with E-state index < -0.39 is 26.8 Å². The lowest BCUT2D eigenvalue weighted by atomic mass is 10.2. The lowest BCUT2D eigenvalue weighted by Gasteiger charge is -2.21. The first-order valence-electron chi connectivity index (χ1n) is 5.47. The van der Waals surface area contributed by atoms with Crippen molar-refractivity contribution in [1.29, 1.82) is 0 Å². The molecule has 1 aliphatic heterocycles. The second kappa shape index (κ2) is 5.07. The summed E-state index contributed by atoms with van der Waals surface area (Å²) in [5.74, 6) is -1.79. The average Bonchev–Trinajstić information content (AvgIpc) is 2.78. The number of aromatic carboxylic acids is 1. The van der Waals surface area contributed by atoms with Gasteiger partial charge < -0.3 is 14.4 Å². The summed E-state index contributed by atoms with van der Waals surface area (Å²) in [7, 11) is -3.44. The van der Waals surface area contributed by atoms with Crippen LogP contribution in [0.1, 0.15) is 29.0 Å². The molecule has 1 saturated heterocycles. The zero-order valence-electron chi connectivity index (χ0n) is 9.53. The van der Waals surface area contributed by atoms with E-state index in [0.717, 1.165) is 6.20 Å². The van der Waals surface area contributed by atoms with Gasteiger partial charge in [0.15, 0.2) is 15.6 Å². The molecular weight excluding hydrogens is 262 g/mol. The summed E-state index contributed by atoms with van der Waals surface area (Å²) in [6.45, 7) is 0.818. The second-order valence-electron chi connectivity index (χ2n) is 4.09. The van der Waals surface area contributed by atoms with E-state index in [9.17, 15) is 13.2 Å². The molecule has 1 aliphatic rings. The van der Waals surface area contributed by atoms with Gasteiger partial charge in [0.2, 0.25) is 0 Å². The molecule has 8 heteroatoms. The Balaban J connectivity index is 2.16. The molecule has 7 nitrogen and oxygen atoms in total. The molecule has 0 bridgehead atoms. The van der Waals surface area contributed by atoms with E-state index in [4.69, 9.17) is 14.4 Å². The third kappa shape index (κ3) is 2.70. The van der Waals surface area contributed by atoms with Gasteiger partial charge in [-0.2, -0.15) is 0 Å². The summed E-state index contributed by atoms with van der Waals surface area (Å²) >= 11 is 0. The number of rotatable bonds is 4. The van der Waals surface area contributed by atoms with Crippen molar-refractivity contribution in [2.45, 2.75) is 23.8 Å². The average molecular weight is 275 g/mol. The van der Waals surface area contributed by atoms with E-state index in [1.165, 1.54) is 0 Å². The molecule has 1 N–H and O–H groups in total. The van der Waals surface area contributed by atoms with Gasteiger partial charge in [-0.05, 0) is 12.8 Å². The molecular formula is C10H13NO6S. The zero-order valence-corrected chi connectivity index (χ0v) is 10.4. The highest BCUT2D eigenvalue weighted by Gasteiger charge is 2.31. The number of carbonyl (C=O) groups is 1. The Morgan fingerprint density at radius 1 is 1.44 bits per heavy atom. The van der Waals surface area contributed by atoms with Crippen LogP contribution in [0, 0.1) is 0 Å². The van der Waals surface area contributed by atoms with Crippen molar-refractivity contribution in [3.05, 3.63) is 17.5 Å². The largest absolute Gasteiger partial charge is 0.478 e. The van der Waals surface area contributed by atoms with Crippen LogP contribution in [-0.4, -0.2) is 43.1 Å². The number of sulfone groups is 1. The van der Waals surface area contributed by atoms with Gasteiger partial charge in [0.25, 0.3) is 0 Å². The fraction of sp³-hybridized carbons (Fsp3) is 0.600. The Kier molecular flexibility index (Phi) is 3.67. The minimum Gasteiger partial charge on any atom is -0.478 e. The highest BCUT2D eigenvalue weighted by molar-refractivity contribution is 7.91. The van der Waals surface area contributed by atoms with Gasteiger partial charge in [-0.25, -0.2) is 13.2 Å². The first kappa shape index (κ1) is 13.0. The quantitative estimate of drug-likeness (QED) is 0.850. The fourth-order valence-corrected chi connectivity index (χ4v) is 3.60. The van der Waals surface area contributed by atoms with E-state index in [-0.39, 0.29) is 11.3 Å². The van der Waals surface area contributed by atoms with E-state index in [1.807, 2.05) is 0 Å². The van der Waals surface area contributed by atoms with Crippen molar-refractivity contribution >= 4 is 15.8 Å². The number of carboxylic acid groups (broad SMARTS) is 1. The molecule has 0 aromatic carbocycles. The summed E-state index contributed by atoms with van der Waals surface area (Å²) in [4.78, 5) is 10.8. The molecule has 1 aromatic heterocycles. The van der Waals surface area contributed by atoms with Crippen molar-refractivity contribution in [1.82, 2.24) is 5.16 Å². The standard InChI is InChI=1S/C10H13NO6S/c12-10(13)8-5-11-17-9(8)6-18(14,15)7-1-3-16-4-2-7/h5,7H,1-4,6H2,(H,12,13). The Hall–Kier alpha value is -1.41. The minimum absolute atomic E-state index is 0.117.